The van der Waals surface area contributed by atoms with Gasteiger partial charge in [-0.2, -0.15) is 8.78 Å². The van der Waals surface area contributed by atoms with Gasteiger partial charge in [0.1, 0.15) is 0 Å². The van der Waals surface area contributed by atoms with E-state index in [2.05, 4.69) is 10.1 Å². The molecule has 2 rings (SSSR count). The highest BCUT2D eigenvalue weighted by molar-refractivity contribution is 6.35. The lowest BCUT2D eigenvalue weighted by atomic mass is 10.2. The first-order chi connectivity index (χ1) is 11.9. The number of anilines is 1. The number of amides is 1. The van der Waals surface area contributed by atoms with Gasteiger partial charge in [0.2, 0.25) is 5.91 Å². The molecule has 0 bridgehead atoms. The Labute approximate surface area is 152 Å². The van der Waals surface area contributed by atoms with Crippen molar-refractivity contribution >= 4 is 40.9 Å². The van der Waals surface area contributed by atoms with Gasteiger partial charge in [-0.25, -0.2) is 0 Å². The van der Waals surface area contributed by atoms with Crippen LogP contribution in [0.4, 0.5) is 14.5 Å². The lowest BCUT2D eigenvalue weighted by Crippen LogP contribution is -2.08. The predicted molar refractivity (Wildman–Crippen MR) is 93.8 cm³/mol. The number of carbonyl (C=O) groups excluding carboxylic acids is 1. The number of carbonyl (C=O) groups is 1. The molecule has 0 aliphatic heterocycles. The zero-order chi connectivity index (χ0) is 18.4. The number of halogens is 4. The summed E-state index contributed by atoms with van der Waals surface area (Å²) in [6.07, 6.45) is 2.75. The van der Waals surface area contributed by atoms with Crippen molar-refractivity contribution in [3.63, 3.8) is 0 Å². The van der Waals surface area contributed by atoms with Gasteiger partial charge in [0.05, 0.1) is 17.8 Å². The summed E-state index contributed by atoms with van der Waals surface area (Å²) in [5.41, 5.74) is 0.938. The molecule has 4 nitrogen and oxygen atoms in total. The monoisotopic (exact) mass is 387 g/mol. The van der Waals surface area contributed by atoms with Gasteiger partial charge in [0.15, 0.2) is 11.5 Å². The van der Waals surface area contributed by atoms with Crippen molar-refractivity contribution in [2.45, 2.75) is 6.61 Å². The second-order valence-electron chi connectivity index (χ2n) is 4.74. The van der Waals surface area contributed by atoms with E-state index < -0.39 is 12.5 Å². The number of nitrogens with one attached hydrogen (secondary N) is 1. The molecule has 0 atom stereocenters. The summed E-state index contributed by atoms with van der Waals surface area (Å²) in [7, 11) is 1.33. The van der Waals surface area contributed by atoms with E-state index in [0.29, 0.717) is 21.3 Å². The van der Waals surface area contributed by atoms with Crippen LogP contribution in [0.1, 0.15) is 5.56 Å². The number of hydrogen-bond donors (Lipinski definition) is 1. The quantitative estimate of drug-likeness (QED) is 0.688. The van der Waals surface area contributed by atoms with Crippen LogP contribution in [0.5, 0.6) is 11.5 Å². The molecule has 0 unspecified atom stereocenters. The highest BCUT2D eigenvalue weighted by Gasteiger charge is 2.10. The Morgan fingerprint density at radius 3 is 2.60 bits per heavy atom. The first kappa shape index (κ1) is 19.0. The van der Waals surface area contributed by atoms with E-state index in [1.54, 1.807) is 12.1 Å². The second-order valence-corrected chi connectivity index (χ2v) is 5.58. The number of benzene rings is 2. The highest BCUT2D eigenvalue weighted by atomic mass is 35.5. The standard InChI is InChI=1S/C17H13Cl2F2NO3/c1-24-15-8-10(2-6-14(15)25-17(20)21)3-7-16(23)22-13-9-11(18)4-5-12(13)19/h2-9,17H,1H3,(H,22,23)/b7-3+. The zero-order valence-corrected chi connectivity index (χ0v) is 14.4. The molecule has 0 aliphatic rings. The molecule has 2 aromatic rings. The van der Waals surface area contributed by atoms with Gasteiger partial charge in [-0.3, -0.25) is 4.79 Å². The highest BCUT2D eigenvalue weighted by Crippen LogP contribution is 2.30. The van der Waals surface area contributed by atoms with E-state index in [1.807, 2.05) is 0 Å². The Bertz CT molecular complexity index is 797. The Morgan fingerprint density at radius 2 is 1.92 bits per heavy atom. The first-order valence-electron chi connectivity index (χ1n) is 6.96. The lowest BCUT2D eigenvalue weighted by molar-refractivity contribution is -0.111. The Balaban J connectivity index is 2.10. The number of ether oxygens (including phenoxy) is 2. The zero-order valence-electron chi connectivity index (χ0n) is 12.9. The summed E-state index contributed by atoms with van der Waals surface area (Å²) in [4.78, 5) is 12.0. The van der Waals surface area contributed by atoms with Crippen molar-refractivity contribution < 1.29 is 23.0 Å². The minimum absolute atomic E-state index is 0.0928. The fourth-order valence-corrected chi connectivity index (χ4v) is 2.26. The largest absolute Gasteiger partial charge is 0.493 e. The average molecular weight is 388 g/mol. The molecule has 0 spiro atoms. The molecule has 0 heterocycles. The SMILES string of the molecule is COc1cc(/C=C/C(=O)Nc2cc(Cl)ccc2Cl)ccc1OC(F)F. The smallest absolute Gasteiger partial charge is 0.387 e. The molecule has 8 heteroatoms. The summed E-state index contributed by atoms with van der Waals surface area (Å²) in [5, 5.41) is 3.37. The molecular weight excluding hydrogens is 375 g/mol. The molecule has 25 heavy (non-hydrogen) atoms. The first-order valence-corrected chi connectivity index (χ1v) is 7.71. The maximum Gasteiger partial charge on any atom is 0.387 e. The normalized spacial score (nSPS) is 11.0. The molecule has 0 aliphatic carbocycles. The van der Waals surface area contributed by atoms with Gasteiger partial charge in [0, 0.05) is 11.1 Å². The van der Waals surface area contributed by atoms with Crippen molar-refractivity contribution in [1.29, 1.82) is 0 Å². The molecule has 0 saturated carbocycles. The van der Waals surface area contributed by atoms with E-state index in [1.165, 1.54) is 43.5 Å². The van der Waals surface area contributed by atoms with E-state index in [-0.39, 0.29) is 11.5 Å². The molecule has 1 amide bonds. The molecular formula is C17H13Cl2F2NO3. The molecule has 0 aromatic heterocycles. The van der Waals surface area contributed by atoms with Crippen LogP contribution in [-0.2, 0) is 4.79 Å². The minimum atomic E-state index is -2.96. The van der Waals surface area contributed by atoms with E-state index in [4.69, 9.17) is 27.9 Å². The van der Waals surface area contributed by atoms with Crippen molar-refractivity contribution in [3.8, 4) is 11.5 Å². The predicted octanol–water partition coefficient (Wildman–Crippen LogP) is 5.26. The maximum atomic E-state index is 12.3. The van der Waals surface area contributed by atoms with Crippen LogP contribution in [0, 0.1) is 0 Å². The summed E-state index contributed by atoms with van der Waals surface area (Å²) in [6, 6.07) is 9.00. The molecule has 0 saturated heterocycles. The average Bonchev–Trinajstić information content (AvgIpc) is 2.56. The number of hydrogen-bond acceptors (Lipinski definition) is 3. The summed E-state index contributed by atoms with van der Waals surface area (Å²) >= 11 is 11.8. The van der Waals surface area contributed by atoms with Gasteiger partial charge in [-0.1, -0.05) is 29.3 Å². The van der Waals surface area contributed by atoms with E-state index in [0.717, 1.165) is 0 Å². The van der Waals surface area contributed by atoms with Gasteiger partial charge >= 0.3 is 6.61 Å². The third-order valence-corrected chi connectivity index (χ3v) is 3.58. The minimum Gasteiger partial charge on any atom is -0.493 e. The molecule has 0 radical (unpaired) electrons. The van der Waals surface area contributed by atoms with Crippen LogP contribution in [0.15, 0.2) is 42.5 Å². The molecule has 2 aromatic carbocycles. The van der Waals surface area contributed by atoms with Crippen molar-refractivity contribution in [2.75, 3.05) is 12.4 Å². The molecule has 0 fully saturated rings. The van der Waals surface area contributed by atoms with Crippen LogP contribution >= 0.6 is 23.2 Å². The van der Waals surface area contributed by atoms with Crippen LogP contribution in [-0.4, -0.2) is 19.6 Å². The lowest BCUT2D eigenvalue weighted by Gasteiger charge is -2.10. The van der Waals surface area contributed by atoms with Gasteiger partial charge in [0.25, 0.3) is 0 Å². The summed E-state index contributed by atoms with van der Waals surface area (Å²) < 4.78 is 33.9. The van der Waals surface area contributed by atoms with E-state index in [9.17, 15) is 13.6 Å². The number of alkyl halides is 2. The fourth-order valence-electron chi connectivity index (χ4n) is 1.92. The van der Waals surface area contributed by atoms with Crippen molar-refractivity contribution in [3.05, 3.63) is 58.1 Å². The van der Waals surface area contributed by atoms with Crippen LogP contribution in [0.3, 0.4) is 0 Å². The fraction of sp³-hybridized carbons (Fsp3) is 0.118. The Hall–Kier alpha value is -2.31. The van der Waals surface area contributed by atoms with Crippen LogP contribution < -0.4 is 14.8 Å². The Kier molecular flexibility index (Phi) is 6.61. The number of methoxy groups -OCH3 is 1. The summed E-state index contributed by atoms with van der Waals surface area (Å²) in [6.45, 7) is -2.96. The number of rotatable bonds is 6. The topological polar surface area (TPSA) is 47.6 Å². The summed E-state index contributed by atoms with van der Waals surface area (Å²) in [5.74, 6) is -0.401. The van der Waals surface area contributed by atoms with Gasteiger partial charge in [-0.15, -0.1) is 0 Å². The van der Waals surface area contributed by atoms with Crippen molar-refractivity contribution in [2.24, 2.45) is 0 Å². The maximum absolute atomic E-state index is 12.3. The van der Waals surface area contributed by atoms with Gasteiger partial charge in [-0.05, 0) is 42.0 Å². The van der Waals surface area contributed by atoms with Gasteiger partial charge < -0.3 is 14.8 Å². The second kappa shape index (κ2) is 8.69. The third-order valence-electron chi connectivity index (χ3n) is 3.02. The van der Waals surface area contributed by atoms with Crippen molar-refractivity contribution in [1.82, 2.24) is 0 Å². The Morgan fingerprint density at radius 1 is 1.16 bits per heavy atom. The molecule has 132 valence electrons. The van der Waals surface area contributed by atoms with Crippen LogP contribution in [0.2, 0.25) is 10.0 Å². The third kappa shape index (κ3) is 5.62. The van der Waals surface area contributed by atoms with Crippen LogP contribution in [0.25, 0.3) is 6.08 Å². The van der Waals surface area contributed by atoms with E-state index >= 15 is 0 Å². The molecule has 1 N–H and O–H groups in total.